The summed E-state index contributed by atoms with van der Waals surface area (Å²) < 4.78 is 10.3. The highest BCUT2D eigenvalue weighted by Crippen LogP contribution is 2.45. The van der Waals surface area contributed by atoms with Gasteiger partial charge in [0.25, 0.3) is 0 Å². The van der Waals surface area contributed by atoms with Crippen LogP contribution in [0, 0.1) is 11.8 Å². The van der Waals surface area contributed by atoms with E-state index >= 15 is 0 Å². The predicted octanol–water partition coefficient (Wildman–Crippen LogP) is 1.53. The molecule has 2 bridgehead atoms. The van der Waals surface area contributed by atoms with Crippen LogP contribution in [0.15, 0.2) is 12.2 Å². The van der Waals surface area contributed by atoms with Gasteiger partial charge in [0, 0.05) is 7.11 Å². The molecule has 0 aliphatic heterocycles. The predicted molar refractivity (Wildman–Crippen MR) is 51.7 cm³/mol. The molecule has 3 aliphatic carbocycles. The average Bonchev–Trinajstić information content (AvgIpc) is 2.29. The Kier molecular flexibility index (Phi) is 2.35. The van der Waals surface area contributed by atoms with Crippen molar-refractivity contribution < 1.29 is 14.3 Å². The number of allylic oxidation sites excluding steroid dienone is 1. The lowest BCUT2D eigenvalue weighted by atomic mass is 9.66. The number of ether oxygens (including phenoxy) is 2. The maximum atomic E-state index is 11.6. The number of rotatable bonds is 2. The van der Waals surface area contributed by atoms with E-state index in [4.69, 9.17) is 9.47 Å². The molecular formula is C11H16O3. The maximum Gasteiger partial charge on any atom is 0.311 e. The van der Waals surface area contributed by atoms with Crippen LogP contribution in [-0.2, 0) is 14.3 Å². The van der Waals surface area contributed by atoms with Gasteiger partial charge in [0.1, 0.15) is 0 Å². The summed E-state index contributed by atoms with van der Waals surface area (Å²) in [5.41, 5.74) is -0.387. The minimum absolute atomic E-state index is 0.110. The Hall–Kier alpha value is -0.830. The van der Waals surface area contributed by atoms with E-state index in [1.54, 1.807) is 7.11 Å². The fourth-order valence-corrected chi connectivity index (χ4v) is 2.63. The molecule has 0 heterocycles. The smallest absolute Gasteiger partial charge is 0.311 e. The summed E-state index contributed by atoms with van der Waals surface area (Å²) in [6.07, 6.45) is 7.15. The second kappa shape index (κ2) is 3.39. The summed E-state index contributed by atoms with van der Waals surface area (Å²) in [5.74, 6) is 0.290. The summed E-state index contributed by atoms with van der Waals surface area (Å²) in [7, 11) is 3.11. The standard InChI is InChI=1S/C11H16O3/c1-13-10(12)9-7-8-3-5-11(9,14-2)6-4-8/h3,5,8-9H,4,6-7H2,1-2H3/t8-,9+,11-/m1/s1. The van der Waals surface area contributed by atoms with Crippen molar-refractivity contribution in [3.05, 3.63) is 12.2 Å². The van der Waals surface area contributed by atoms with Crippen molar-refractivity contribution in [2.24, 2.45) is 11.8 Å². The first kappa shape index (κ1) is 9.71. The lowest BCUT2D eigenvalue weighted by molar-refractivity contribution is -0.160. The monoisotopic (exact) mass is 196 g/mol. The zero-order chi connectivity index (χ0) is 10.2. The molecule has 1 fully saturated rings. The molecule has 0 saturated heterocycles. The molecule has 1 saturated carbocycles. The minimum Gasteiger partial charge on any atom is -0.469 e. The van der Waals surface area contributed by atoms with Crippen molar-refractivity contribution in [2.45, 2.75) is 24.9 Å². The molecule has 0 aromatic heterocycles. The number of carbonyl (C=O) groups is 1. The van der Waals surface area contributed by atoms with Gasteiger partial charge in [-0.3, -0.25) is 4.79 Å². The molecular weight excluding hydrogens is 180 g/mol. The highest BCUT2D eigenvalue weighted by atomic mass is 16.5. The Balaban J connectivity index is 2.27. The molecule has 0 spiro atoms. The Bertz CT molecular complexity index is 272. The van der Waals surface area contributed by atoms with Gasteiger partial charge in [0.15, 0.2) is 0 Å². The third-order valence-electron chi connectivity index (χ3n) is 3.55. The molecule has 3 aliphatic rings. The first-order valence-corrected chi connectivity index (χ1v) is 5.04. The Morgan fingerprint density at radius 3 is 2.79 bits per heavy atom. The van der Waals surface area contributed by atoms with Crippen LogP contribution in [0.3, 0.4) is 0 Å². The van der Waals surface area contributed by atoms with Gasteiger partial charge >= 0.3 is 5.97 Å². The Morgan fingerprint density at radius 2 is 2.29 bits per heavy atom. The van der Waals surface area contributed by atoms with Gasteiger partial charge in [-0.15, -0.1) is 0 Å². The number of carbonyl (C=O) groups excluding carboxylic acids is 1. The second-order valence-electron chi connectivity index (χ2n) is 4.13. The van der Waals surface area contributed by atoms with E-state index in [9.17, 15) is 4.79 Å². The lowest BCUT2D eigenvalue weighted by Crippen LogP contribution is -2.49. The molecule has 0 N–H and O–H groups in total. The number of hydrogen-bond acceptors (Lipinski definition) is 3. The van der Waals surface area contributed by atoms with Crippen LogP contribution in [0.5, 0.6) is 0 Å². The van der Waals surface area contributed by atoms with Crippen LogP contribution in [0.4, 0.5) is 0 Å². The quantitative estimate of drug-likeness (QED) is 0.496. The minimum atomic E-state index is -0.387. The fourth-order valence-electron chi connectivity index (χ4n) is 2.63. The highest BCUT2D eigenvalue weighted by molar-refractivity contribution is 5.75. The van der Waals surface area contributed by atoms with Gasteiger partial charge in [0.2, 0.25) is 0 Å². The zero-order valence-electron chi connectivity index (χ0n) is 8.66. The molecule has 3 heteroatoms. The molecule has 0 unspecified atom stereocenters. The van der Waals surface area contributed by atoms with Crippen molar-refractivity contribution in [2.75, 3.05) is 14.2 Å². The van der Waals surface area contributed by atoms with Crippen molar-refractivity contribution in [3.63, 3.8) is 0 Å². The molecule has 78 valence electrons. The molecule has 0 amide bonds. The summed E-state index contributed by atoms with van der Waals surface area (Å²) in [5, 5.41) is 0. The van der Waals surface area contributed by atoms with Gasteiger partial charge in [-0.2, -0.15) is 0 Å². The first-order chi connectivity index (χ1) is 6.72. The van der Waals surface area contributed by atoms with E-state index < -0.39 is 0 Å². The number of esters is 1. The number of fused-ring (bicyclic) bond motifs is 2. The lowest BCUT2D eigenvalue weighted by Gasteiger charge is -2.45. The van der Waals surface area contributed by atoms with Crippen LogP contribution < -0.4 is 0 Å². The maximum absolute atomic E-state index is 11.6. The van der Waals surface area contributed by atoms with Gasteiger partial charge in [-0.05, 0) is 25.2 Å². The molecule has 14 heavy (non-hydrogen) atoms. The molecule has 3 rings (SSSR count). The summed E-state index contributed by atoms with van der Waals surface area (Å²) >= 11 is 0. The van der Waals surface area contributed by atoms with Crippen LogP contribution >= 0.6 is 0 Å². The van der Waals surface area contributed by atoms with Gasteiger partial charge in [0.05, 0.1) is 18.6 Å². The summed E-state index contributed by atoms with van der Waals surface area (Å²) in [6.45, 7) is 0. The van der Waals surface area contributed by atoms with Gasteiger partial charge < -0.3 is 9.47 Å². The molecule has 0 aromatic carbocycles. The van der Waals surface area contributed by atoms with Crippen molar-refractivity contribution in [3.8, 4) is 0 Å². The number of methoxy groups -OCH3 is 2. The number of hydrogen-bond donors (Lipinski definition) is 0. The SMILES string of the molecule is COC(=O)[C@@H]1C[C@@H]2C=C[C@@]1(OC)CC2. The van der Waals surface area contributed by atoms with E-state index in [0.717, 1.165) is 19.3 Å². The van der Waals surface area contributed by atoms with Crippen LogP contribution in [0.25, 0.3) is 0 Å². The van der Waals surface area contributed by atoms with E-state index in [0.29, 0.717) is 5.92 Å². The van der Waals surface area contributed by atoms with Crippen LogP contribution in [-0.4, -0.2) is 25.8 Å². The summed E-state index contributed by atoms with van der Waals surface area (Å²) in [4.78, 5) is 11.6. The van der Waals surface area contributed by atoms with E-state index in [2.05, 4.69) is 6.08 Å². The van der Waals surface area contributed by atoms with Crippen LogP contribution in [0.2, 0.25) is 0 Å². The molecule has 0 radical (unpaired) electrons. The van der Waals surface area contributed by atoms with Crippen molar-refractivity contribution in [1.29, 1.82) is 0 Å². The molecule has 3 nitrogen and oxygen atoms in total. The third kappa shape index (κ3) is 1.27. The fraction of sp³-hybridized carbons (Fsp3) is 0.727. The molecule has 0 aromatic rings. The normalized spacial score (nSPS) is 39.9. The van der Waals surface area contributed by atoms with E-state index in [1.807, 2.05) is 6.08 Å². The average molecular weight is 196 g/mol. The van der Waals surface area contributed by atoms with Crippen LogP contribution in [0.1, 0.15) is 19.3 Å². The molecule has 3 atom stereocenters. The van der Waals surface area contributed by atoms with Crippen molar-refractivity contribution in [1.82, 2.24) is 0 Å². The first-order valence-electron chi connectivity index (χ1n) is 5.04. The Labute approximate surface area is 84.1 Å². The third-order valence-corrected chi connectivity index (χ3v) is 3.55. The van der Waals surface area contributed by atoms with Crippen molar-refractivity contribution >= 4 is 5.97 Å². The summed E-state index contributed by atoms with van der Waals surface area (Å²) in [6, 6.07) is 0. The van der Waals surface area contributed by atoms with Gasteiger partial charge in [-0.1, -0.05) is 12.2 Å². The largest absolute Gasteiger partial charge is 0.469 e. The second-order valence-corrected chi connectivity index (χ2v) is 4.13. The van der Waals surface area contributed by atoms with E-state index in [-0.39, 0.29) is 17.5 Å². The zero-order valence-corrected chi connectivity index (χ0v) is 8.66. The topological polar surface area (TPSA) is 35.5 Å². The highest BCUT2D eigenvalue weighted by Gasteiger charge is 2.49. The van der Waals surface area contributed by atoms with Gasteiger partial charge in [-0.25, -0.2) is 0 Å². The van der Waals surface area contributed by atoms with E-state index in [1.165, 1.54) is 7.11 Å². The Morgan fingerprint density at radius 1 is 1.50 bits per heavy atom.